The van der Waals surface area contributed by atoms with Crippen LogP contribution in [0.15, 0.2) is 12.1 Å². The maximum Gasteiger partial charge on any atom is 0.195 e. The number of alkyl halides is 1. The molecule has 0 radical (unpaired) electrons. The third kappa shape index (κ3) is 2.56. The number of rotatable bonds is 4. The summed E-state index contributed by atoms with van der Waals surface area (Å²) in [6, 6.07) is 4.38. The zero-order chi connectivity index (χ0) is 13.2. The van der Waals surface area contributed by atoms with Crippen LogP contribution in [-0.2, 0) is 15.3 Å². The van der Waals surface area contributed by atoms with Crippen LogP contribution in [0.2, 0.25) is 0 Å². The molecule has 1 aliphatic rings. The lowest BCUT2D eigenvalue weighted by molar-refractivity contribution is -0.171. The standard InChI is InChI=1S/C15H21ClO2/c1-11-9-12(2)14(13(3)10-11)15(5-4-6-16)17-7-8-18-15/h9-10H,4-8H2,1-3H3. The van der Waals surface area contributed by atoms with Crippen LogP contribution in [0.4, 0.5) is 0 Å². The third-order valence-electron chi connectivity index (χ3n) is 3.45. The predicted octanol–water partition coefficient (Wildman–Crippen LogP) is 3.83. The topological polar surface area (TPSA) is 18.5 Å². The molecule has 0 spiro atoms. The molecule has 1 saturated heterocycles. The average Bonchev–Trinajstić information content (AvgIpc) is 2.74. The van der Waals surface area contributed by atoms with Gasteiger partial charge in [-0.05, 0) is 38.3 Å². The minimum Gasteiger partial charge on any atom is -0.343 e. The fraction of sp³-hybridized carbons (Fsp3) is 0.600. The molecule has 18 heavy (non-hydrogen) atoms. The van der Waals surface area contributed by atoms with Crippen molar-refractivity contribution in [3.05, 3.63) is 34.4 Å². The molecule has 0 bridgehead atoms. The van der Waals surface area contributed by atoms with E-state index in [1.165, 1.54) is 22.3 Å². The molecular weight excluding hydrogens is 248 g/mol. The molecule has 0 N–H and O–H groups in total. The molecule has 3 heteroatoms. The lowest BCUT2D eigenvalue weighted by Gasteiger charge is -2.31. The van der Waals surface area contributed by atoms with E-state index in [-0.39, 0.29) is 0 Å². The normalized spacial score (nSPS) is 18.2. The molecule has 100 valence electrons. The smallest absolute Gasteiger partial charge is 0.195 e. The molecule has 1 aromatic rings. The van der Waals surface area contributed by atoms with Crippen LogP contribution in [-0.4, -0.2) is 19.1 Å². The first-order valence-electron chi connectivity index (χ1n) is 6.51. The van der Waals surface area contributed by atoms with Gasteiger partial charge in [0, 0.05) is 17.9 Å². The summed E-state index contributed by atoms with van der Waals surface area (Å²) in [6.07, 6.45) is 1.72. The Kier molecular flexibility index (Phi) is 4.31. The zero-order valence-electron chi connectivity index (χ0n) is 11.4. The first-order valence-corrected chi connectivity index (χ1v) is 7.05. The number of hydrogen-bond donors (Lipinski definition) is 0. The van der Waals surface area contributed by atoms with Gasteiger partial charge in [0.25, 0.3) is 0 Å². The van der Waals surface area contributed by atoms with E-state index in [9.17, 15) is 0 Å². The van der Waals surface area contributed by atoms with Crippen molar-refractivity contribution in [2.75, 3.05) is 19.1 Å². The zero-order valence-corrected chi connectivity index (χ0v) is 12.1. The quantitative estimate of drug-likeness (QED) is 0.773. The Hall–Kier alpha value is -0.570. The molecule has 0 aliphatic carbocycles. The summed E-state index contributed by atoms with van der Waals surface area (Å²) in [5.74, 6) is 0.0647. The molecule has 2 nitrogen and oxygen atoms in total. The SMILES string of the molecule is Cc1cc(C)c(C2(CCCCl)OCCO2)c(C)c1. The van der Waals surface area contributed by atoms with Gasteiger partial charge in [0.1, 0.15) is 0 Å². The highest BCUT2D eigenvalue weighted by Crippen LogP contribution is 2.39. The van der Waals surface area contributed by atoms with Crippen LogP contribution in [0.1, 0.15) is 35.1 Å². The van der Waals surface area contributed by atoms with Crippen LogP contribution in [0.25, 0.3) is 0 Å². The van der Waals surface area contributed by atoms with Crippen LogP contribution in [0.5, 0.6) is 0 Å². The molecule has 0 saturated carbocycles. The average molecular weight is 269 g/mol. The second-order valence-corrected chi connectivity index (χ2v) is 5.39. The van der Waals surface area contributed by atoms with Gasteiger partial charge in [0.05, 0.1) is 13.2 Å². The molecule has 2 rings (SSSR count). The molecule has 0 unspecified atom stereocenters. The first kappa shape index (κ1) is 13.9. The van der Waals surface area contributed by atoms with Crippen LogP contribution in [0.3, 0.4) is 0 Å². The van der Waals surface area contributed by atoms with Gasteiger partial charge in [-0.2, -0.15) is 0 Å². The van der Waals surface area contributed by atoms with E-state index in [0.717, 1.165) is 12.8 Å². The summed E-state index contributed by atoms with van der Waals surface area (Å²) in [6.45, 7) is 7.70. The molecule has 1 aliphatic heterocycles. The number of ether oxygens (including phenoxy) is 2. The Morgan fingerprint density at radius 3 is 2.17 bits per heavy atom. The maximum absolute atomic E-state index is 5.95. The van der Waals surface area contributed by atoms with Gasteiger partial charge >= 0.3 is 0 Å². The summed E-state index contributed by atoms with van der Waals surface area (Å²) in [5.41, 5.74) is 4.95. The molecule has 1 fully saturated rings. The second kappa shape index (κ2) is 5.60. The molecule has 0 amide bonds. The highest BCUT2D eigenvalue weighted by molar-refractivity contribution is 6.17. The van der Waals surface area contributed by atoms with Gasteiger partial charge in [-0.25, -0.2) is 0 Å². The molecule has 1 aromatic carbocycles. The summed E-state index contributed by atoms with van der Waals surface area (Å²) in [7, 11) is 0. The van der Waals surface area contributed by atoms with E-state index >= 15 is 0 Å². The third-order valence-corrected chi connectivity index (χ3v) is 3.72. The Morgan fingerprint density at radius 2 is 1.67 bits per heavy atom. The van der Waals surface area contributed by atoms with E-state index in [0.29, 0.717) is 19.1 Å². The van der Waals surface area contributed by atoms with Crippen LogP contribution >= 0.6 is 11.6 Å². The van der Waals surface area contributed by atoms with E-state index in [2.05, 4.69) is 32.9 Å². The van der Waals surface area contributed by atoms with Crippen LogP contribution in [0, 0.1) is 20.8 Å². The second-order valence-electron chi connectivity index (χ2n) is 5.02. The van der Waals surface area contributed by atoms with Crippen molar-refractivity contribution >= 4 is 11.6 Å². The van der Waals surface area contributed by atoms with Crippen molar-refractivity contribution in [1.82, 2.24) is 0 Å². The van der Waals surface area contributed by atoms with E-state index in [1.807, 2.05) is 0 Å². The van der Waals surface area contributed by atoms with E-state index in [4.69, 9.17) is 21.1 Å². The van der Waals surface area contributed by atoms with E-state index in [1.54, 1.807) is 0 Å². The largest absolute Gasteiger partial charge is 0.343 e. The van der Waals surface area contributed by atoms with Crippen molar-refractivity contribution in [3.8, 4) is 0 Å². The number of benzene rings is 1. The summed E-state index contributed by atoms with van der Waals surface area (Å²) >= 11 is 5.82. The minimum atomic E-state index is -0.573. The first-order chi connectivity index (χ1) is 8.59. The molecule has 0 atom stereocenters. The van der Waals surface area contributed by atoms with Gasteiger partial charge in [-0.1, -0.05) is 17.7 Å². The summed E-state index contributed by atoms with van der Waals surface area (Å²) in [4.78, 5) is 0. The highest BCUT2D eigenvalue weighted by atomic mass is 35.5. The predicted molar refractivity (Wildman–Crippen MR) is 74.2 cm³/mol. The Labute approximate surface area is 114 Å². The van der Waals surface area contributed by atoms with Gasteiger partial charge in [0.2, 0.25) is 0 Å². The lowest BCUT2D eigenvalue weighted by Crippen LogP contribution is -2.29. The van der Waals surface area contributed by atoms with Gasteiger partial charge in [0.15, 0.2) is 5.79 Å². The molecular formula is C15H21ClO2. The van der Waals surface area contributed by atoms with Crippen molar-refractivity contribution in [1.29, 1.82) is 0 Å². The van der Waals surface area contributed by atoms with Gasteiger partial charge in [-0.15, -0.1) is 11.6 Å². The fourth-order valence-electron chi connectivity index (χ4n) is 2.95. The maximum atomic E-state index is 5.95. The number of halogens is 1. The Morgan fingerprint density at radius 1 is 1.11 bits per heavy atom. The molecule has 1 heterocycles. The van der Waals surface area contributed by atoms with Crippen molar-refractivity contribution in [3.63, 3.8) is 0 Å². The van der Waals surface area contributed by atoms with E-state index < -0.39 is 5.79 Å². The monoisotopic (exact) mass is 268 g/mol. The molecule has 0 aromatic heterocycles. The van der Waals surface area contributed by atoms with Crippen molar-refractivity contribution in [2.24, 2.45) is 0 Å². The van der Waals surface area contributed by atoms with Gasteiger partial charge < -0.3 is 9.47 Å². The lowest BCUT2D eigenvalue weighted by atomic mass is 9.90. The highest BCUT2D eigenvalue weighted by Gasteiger charge is 2.40. The Balaban J connectivity index is 2.42. The fourth-order valence-corrected chi connectivity index (χ4v) is 3.08. The van der Waals surface area contributed by atoms with Gasteiger partial charge in [-0.3, -0.25) is 0 Å². The van der Waals surface area contributed by atoms with Crippen molar-refractivity contribution in [2.45, 2.75) is 39.4 Å². The minimum absolute atomic E-state index is 0.573. The number of hydrogen-bond acceptors (Lipinski definition) is 2. The summed E-state index contributed by atoms with van der Waals surface area (Å²) in [5, 5.41) is 0. The summed E-state index contributed by atoms with van der Waals surface area (Å²) < 4.78 is 11.9. The number of aryl methyl sites for hydroxylation is 3. The Bertz CT molecular complexity index is 399. The van der Waals surface area contributed by atoms with Crippen LogP contribution < -0.4 is 0 Å². The van der Waals surface area contributed by atoms with Crippen molar-refractivity contribution < 1.29 is 9.47 Å².